The monoisotopic (exact) mass is 825 g/mol. The van der Waals surface area contributed by atoms with Crippen molar-refractivity contribution in [2.75, 3.05) is 13.2 Å². The number of hydrogen-bond acceptors (Lipinski definition) is 6. The number of hydrogen-bond donors (Lipinski definition) is 0. The van der Waals surface area contributed by atoms with Gasteiger partial charge in [0.2, 0.25) is 0 Å². The van der Waals surface area contributed by atoms with Crippen LogP contribution in [0.15, 0.2) is 60.8 Å². The Morgan fingerprint density at radius 2 is 0.661 bits per heavy atom. The molecule has 0 aliphatic carbocycles. The lowest BCUT2D eigenvalue weighted by molar-refractivity contribution is -0.167. The summed E-state index contributed by atoms with van der Waals surface area (Å²) >= 11 is 0. The lowest BCUT2D eigenvalue weighted by Gasteiger charge is -2.18. The Labute approximate surface area is 364 Å². The van der Waals surface area contributed by atoms with E-state index in [1.54, 1.807) is 0 Å². The normalized spacial score (nSPS) is 12.5. The van der Waals surface area contributed by atoms with Gasteiger partial charge >= 0.3 is 17.9 Å². The van der Waals surface area contributed by atoms with Crippen LogP contribution < -0.4 is 0 Å². The van der Waals surface area contributed by atoms with E-state index < -0.39 is 6.10 Å². The zero-order valence-corrected chi connectivity index (χ0v) is 38.8. The van der Waals surface area contributed by atoms with Gasteiger partial charge in [0, 0.05) is 19.3 Å². The van der Waals surface area contributed by atoms with E-state index in [0.717, 1.165) is 103 Å². The molecule has 0 bridgehead atoms. The number of allylic oxidation sites excluding steroid dienone is 10. The fourth-order valence-electron chi connectivity index (χ4n) is 6.74. The number of esters is 3. The molecule has 0 radical (unpaired) electrons. The van der Waals surface area contributed by atoms with Gasteiger partial charge in [-0.3, -0.25) is 14.4 Å². The Bertz CT molecular complexity index is 1090. The van der Waals surface area contributed by atoms with Crippen molar-refractivity contribution in [3.63, 3.8) is 0 Å². The van der Waals surface area contributed by atoms with E-state index in [1.165, 1.54) is 96.3 Å². The summed E-state index contributed by atoms with van der Waals surface area (Å²) in [5, 5.41) is 0. The summed E-state index contributed by atoms with van der Waals surface area (Å²) in [6.45, 7) is 6.46. The number of unbranched alkanes of at least 4 members (excludes halogenated alkanes) is 23. The van der Waals surface area contributed by atoms with Crippen LogP contribution in [-0.2, 0) is 28.6 Å². The SMILES string of the molecule is CC/C=C\C/C=C\C/C=C\CCCCCCCCC(=O)OCC(COC(=O)CCCCCCC/C=C\CCCCC)OC(=O)CCCCC/C=C\CCCCCCCC. The molecule has 1 unspecified atom stereocenters. The van der Waals surface area contributed by atoms with Crippen molar-refractivity contribution in [2.45, 2.75) is 245 Å². The molecule has 0 aromatic carbocycles. The summed E-state index contributed by atoms with van der Waals surface area (Å²) in [6.07, 6.45) is 57.7. The van der Waals surface area contributed by atoms with Crippen LogP contribution in [0.3, 0.4) is 0 Å². The van der Waals surface area contributed by atoms with Gasteiger partial charge in [-0.25, -0.2) is 0 Å². The third kappa shape index (κ3) is 46.0. The molecule has 6 nitrogen and oxygen atoms in total. The van der Waals surface area contributed by atoms with Gasteiger partial charge in [-0.1, -0.05) is 178 Å². The molecule has 0 heterocycles. The summed E-state index contributed by atoms with van der Waals surface area (Å²) in [4.78, 5) is 37.9. The van der Waals surface area contributed by atoms with E-state index in [-0.39, 0.29) is 31.1 Å². The molecule has 1 atom stereocenters. The van der Waals surface area contributed by atoms with Crippen LogP contribution in [0.25, 0.3) is 0 Å². The predicted octanol–water partition coefficient (Wildman–Crippen LogP) is 16.1. The minimum atomic E-state index is -0.789. The van der Waals surface area contributed by atoms with E-state index in [4.69, 9.17) is 14.2 Å². The number of carbonyl (C=O) groups is 3. The molecule has 0 saturated heterocycles. The van der Waals surface area contributed by atoms with Crippen molar-refractivity contribution < 1.29 is 28.6 Å². The maximum absolute atomic E-state index is 12.7. The maximum Gasteiger partial charge on any atom is 0.306 e. The highest BCUT2D eigenvalue weighted by Gasteiger charge is 2.19. The lowest BCUT2D eigenvalue weighted by atomic mass is 10.1. The molecule has 340 valence electrons. The number of rotatable bonds is 44. The Morgan fingerprint density at radius 3 is 1.10 bits per heavy atom. The average Bonchev–Trinajstić information content (AvgIpc) is 3.23. The second-order valence-corrected chi connectivity index (χ2v) is 16.3. The van der Waals surface area contributed by atoms with Gasteiger partial charge < -0.3 is 14.2 Å². The van der Waals surface area contributed by atoms with E-state index >= 15 is 0 Å². The van der Waals surface area contributed by atoms with Gasteiger partial charge in [-0.05, 0) is 103 Å². The first-order chi connectivity index (χ1) is 29.0. The van der Waals surface area contributed by atoms with E-state index in [2.05, 4.69) is 81.5 Å². The van der Waals surface area contributed by atoms with Crippen LogP contribution in [0.4, 0.5) is 0 Å². The van der Waals surface area contributed by atoms with Gasteiger partial charge in [-0.2, -0.15) is 0 Å². The molecule has 6 heteroatoms. The third-order valence-electron chi connectivity index (χ3n) is 10.5. The predicted molar refractivity (Wildman–Crippen MR) is 251 cm³/mol. The van der Waals surface area contributed by atoms with Gasteiger partial charge in [0.1, 0.15) is 13.2 Å². The summed E-state index contributed by atoms with van der Waals surface area (Å²) < 4.78 is 16.7. The lowest BCUT2D eigenvalue weighted by Crippen LogP contribution is -2.30. The highest BCUT2D eigenvalue weighted by atomic mass is 16.6. The van der Waals surface area contributed by atoms with Crippen LogP contribution in [0.5, 0.6) is 0 Å². The van der Waals surface area contributed by atoms with Gasteiger partial charge in [0.15, 0.2) is 6.10 Å². The van der Waals surface area contributed by atoms with Crippen LogP contribution in [0, 0.1) is 0 Å². The second kappa shape index (κ2) is 47.8. The van der Waals surface area contributed by atoms with Crippen LogP contribution in [-0.4, -0.2) is 37.2 Å². The zero-order chi connectivity index (χ0) is 43.0. The highest BCUT2D eigenvalue weighted by molar-refractivity contribution is 5.71. The molecule has 0 spiro atoms. The Hall–Kier alpha value is -2.89. The molecule has 0 aliphatic heterocycles. The molecule has 0 N–H and O–H groups in total. The Balaban J connectivity index is 4.42. The van der Waals surface area contributed by atoms with Crippen molar-refractivity contribution in [3.8, 4) is 0 Å². The molecule has 59 heavy (non-hydrogen) atoms. The molecule has 0 aromatic heterocycles. The fourth-order valence-corrected chi connectivity index (χ4v) is 6.74. The number of carbonyl (C=O) groups excluding carboxylic acids is 3. The largest absolute Gasteiger partial charge is 0.462 e. The summed E-state index contributed by atoms with van der Waals surface area (Å²) in [6, 6.07) is 0. The molecule has 0 aromatic rings. The van der Waals surface area contributed by atoms with Crippen molar-refractivity contribution in [1.29, 1.82) is 0 Å². The van der Waals surface area contributed by atoms with Crippen LogP contribution in [0.1, 0.15) is 239 Å². The minimum Gasteiger partial charge on any atom is -0.462 e. The third-order valence-corrected chi connectivity index (χ3v) is 10.5. The Morgan fingerprint density at radius 1 is 0.356 bits per heavy atom. The Kier molecular flexibility index (Phi) is 45.4. The van der Waals surface area contributed by atoms with Crippen molar-refractivity contribution in [2.24, 2.45) is 0 Å². The second-order valence-electron chi connectivity index (χ2n) is 16.3. The smallest absolute Gasteiger partial charge is 0.306 e. The summed E-state index contributed by atoms with van der Waals surface area (Å²) in [7, 11) is 0. The van der Waals surface area contributed by atoms with E-state index in [9.17, 15) is 14.4 Å². The fraction of sp³-hybridized carbons (Fsp3) is 0.755. The van der Waals surface area contributed by atoms with Crippen LogP contribution in [0.2, 0.25) is 0 Å². The zero-order valence-electron chi connectivity index (χ0n) is 38.8. The van der Waals surface area contributed by atoms with Crippen molar-refractivity contribution in [3.05, 3.63) is 60.8 Å². The molecular weight excluding hydrogens is 733 g/mol. The quantitative estimate of drug-likeness (QED) is 0.0263. The van der Waals surface area contributed by atoms with Crippen molar-refractivity contribution >= 4 is 17.9 Å². The average molecular weight is 825 g/mol. The van der Waals surface area contributed by atoms with Gasteiger partial charge in [0.05, 0.1) is 0 Å². The standard InChI is InChI=1S/C53H92O6/c1-4-7-10-13-16-19-22-25-26-27-29-31-34-37-40-43-46-52(55)58-49-50(48-57-51(54)45-42-39-36-33-30-24-21-18-15-12-9-6-3)59-53(56)47-44-41-38-35-32-28-23-20-17-14-11-8-5-2/h7,10,16,18-19,21,25-26,28,32,50H,4-6,8-9,11-15,17,20,22-24,27,29-31,33-49H2,1-3H3/b10-7-,19-16-,21-18-,26-25-,32-28-. The summed E-state index contributed by atoms with van der Waals surface area (Å²) in [5.41, 5.74) is 0. The molecular formula is C53H92O6. The van der Waals surface area contributed by atoms with Gasteiger partial charge in [0.25, 0.3) is 0 Å². The first-order valence-corrected chi connectivity index (χ1v) is 24.8. The van der Waals surface area contributed by atoms with E-state index in [0.29, 0.717) is 19.3 Å². The van der Waals surface area contributed by atoms with Gasteiger partial charge in [-0.15, -0.1) is 0 Å². The molecule has 0 fully saturated rings. The topological polar surface area (TPSA) is 78.9 Å². The maximum atomic E-state index is 12.7. The van der Waals surface area contributed by atoms with Crippen LogP contribution >= 0.6 is 0 Å². The minimum absolute atomic E-state index is 0.0889. The number of ether oxygens (including phenoxy) is 3. The van der Waals surface area contributed by atoms with E-state index in [1.807, 2.05) is 0 Å². The first-order valence-electron chi connectivity index (χ1n) is 24.8. The molecule has 0 aliphatic rings. The molecule has 0 rings (SSSR count). The summed E-state index contributed by atoms with van der Waals surface area (Å²) in [5.74, 6) is -0.926. The first kappa shape index (κ1) is 56.1. The molecule has 0 saturated carbocycles. The highest BCUT2D eigenvalue weighted by Crippen LogP contribution is 2.13. The molecule has 0 amide bonds. The van der Waals surface area contributed by atoms with Crippen molar-refractivity contribution in [1.82, 2.24) is 0 Å².